The third-order valence-electron chi connectivity index (χ3n) is 4.30. The quantitative estimate of drug-likeness (QED) is 0.794. The van der Waals surface area contributed by atoms with E-state index in [9.17, 15) is 14.7 Å². The second-order valence-electron chi connectivity index (χ2n) is 6.28. The number of aliphatic hydroxyl groups is 1. The number of aliphatic hydroxyl groups excluding tert-OH is 1. The van der Waals surface area contributed by atoms with Crippen molar-refractivity contribution in [1.29, 1.82) is 0 Å². The number of hydrogen-bond acceptors (Lipinski definition) is 3. The molecule has 1 aliphatic carbocycles. The first-order valence-electron chi connectivity index (χ1n) is 8.09. The molecule has 1 amide bonds. The van der Waals surface area contributed by atoms with Crippen LogP contribution in [0, 0.1) is 12.8 Å². The molecule has 4 nitrogen and oxygen atoms in total. The van der Waals surface area contributed by atoms with E-state index in [1.807, 2.05) is 19.1 Å². The van der Waals surface area contributed by atoms with Crippen molar-refractivity contribution < 1.29 is 14.7 Å². The van der Waals surface area contributed by atoms with Crippen molar-refractivity contribution >= 4 is 11.7 Å². The topological polar surface area (TPSA) is 66.4 Å². The molecule has 0 aromatic heterocycles. The number of rotatable bonds is 6. The third kappa shape index (κ3) is 5.26. The number of hydrogen-bond donors (Lipinski definition) is 2. The summed E-state index contributed by atoms with van der Waals surface area (Å²) < 4.78 is 0. The fourth-order valence-corrected chi connectivity index (χ4v) is 2.91. The lowest BCUT2D eigenvalue weighted by molar-refractivity contribution is -0.121. The van der Waals surface area contributed by atoms with E-state index in [0.29, 0.717) is 18.0 Å². The number of amides is 1. The summed E-state index contributed by atoms with van der Waals surface area (Å²) in [5.41, 5.74) is 1.78. The lowest BCUT2D eigenvalue weighted by atomic mass is 9.87. The Kier molecular flexibility index (Phi) is 6.13. The first kappa shape index (κ1) is 16.7. The maximum atomic E-state index is 12.0. The van der Waals surface area contributed by atoms with Crippen LogP contribution in [0.3, 0.4) is 0 Å². The molecule has 2 rings (SSSR count). The van der Waals surface area contributed by atoms with Gasteiger partial charge < -0.3 is 10.4 Å². The van der Waals surface area contributed by atoms with E-state index in [1.54, 1.807) is 12.1 Å². The Morgan fingerprint density at radius 2 is 1.91 bits per heavy atom. The van der Waals surface area contributed by atoms with E-state index >= 15 is 0 Å². The molecule has 2 atom stereocenters. The van der Waals surface area contributed by atoms with Gasteiger partial charge in [0.15, 0.2) is 5.78 Å². The van der Waals surface area contributed by atoms with Gasteiger partial charge in [-0.3, -0.25) is 9.59 Å². The minimum absolute atomic E-state index is 0.00300. The summed E-state index contributed by atoms with van der Waals surface area (Å²) >= 11 is 0. The van der Waals surface area contributed by atoms with Crippen LogP contribution in [0.15, 0.2) is 24.3 Å². The van der Waals surface area contributed by atoms with E-state index in [0.717, 1.165) is 31.2 Å². The number of aryl methyl sites for hydroxylation is 1. The predicted octanol–water partition coefficient (Wildman–Crippen LogP) is 2.63. The van der Waals surface area contributed by atoms with Crippen LogP contribution in [-0.4, -0.2) is 29.4 Å². The maximum absolute atomic E-state index is 12.0. The van der Waals surface area contributed by atoms with Crippen molar-refractivity contribution in [3.8, 4) is 0 Å². The number of carbonyl (C=O) groups is 2. The summed E-state index contributed by atoms with van der Waals surface area (Å²) in [6.45, 7) is 2.58. The molecule has 1 saturated carbocycles. The van der Waals surface area contributed by atoms with Gasteiger partial charge in [0.05, 0.1) is 6.10 Å². The van der Waals surface area contributed by atoms with Crippen molar-refractivity contribution in [3.05, 3.63) is 35.4 Å². The van der Waals surface area contributed by atoms with E-state index in [2.05, 4.69) is 5.32 Å². The van der Waals surface area contributed by atoms with Gasteiger partial charge in [-0.1, -0.05) is 36.2 Å². The zero-order valence-electron chi connectivity index (χ0n) is 13.2. The summed E-state index contributed by atoms with van der Waals surface area (Å²) in [5.74, 6) is 0.282. The molecule has 1 aromatic rings. The first-order chi connectivity index (χ1) is 10.5. The molecule has 0 spiro atoms. The average molecular weight is 303 g/mol. The number of Topliss-reactive ketones (excluding diaryl/α,β-unsaturated/α-hetero) is 1. The SMILES string of the molecule is Cc1ccc(C(=O)CCC(=O)NCC2CCCC(O)C2)cc1. The Morgan fingerprint density at radius 3 is 2.59 bits per heavy atom. The Balaban J connectivity index is 1.69. The largest absolute Gasteiger partial charge is 0.393 e. The van der Waals surface area contributed by atoms with Gasteiger partial charge in [0.2, 0.25) is 5.91 Å². The number of benzene rings is 1. The van der Waals surface area contributed by atoms with Crippen molar-refractivity contribution in [2.75, 3.05) is 6.54 Å². The van der Waals surface area contributed by atoms with Crippen molar-refractivity contribution in [1.82, 2.24) is 5.32 Å². The minimum atomic E-state index is -0.223. The van der Waals surface area contributed by atoms with E-state index in [4.69, 9.17) is 0 Å². The second kappa shape index (κ2) is 8.08. The van der Waals surface area contributed by atoms with Gasteiger partial charge in [0.25, 0.3) is 0 Å². The van der Waals surface area contributed by atoms with Gasteiger partial charge in [-0.25, -0.2) is 0 Å². The molecular formula is C18H25NO3. The van der Waals surface area contributed by atoms with Gasteiger partial charge in [-0.05, 0) is 32.1 Å². The monoisotopic (exact) mass is 303 g/mol. The average Bonchev–Trinajstić information content (AvgIpc) is 2.51. The van der Waals surface area contributed by atoms with E-state index in [1.165, 1.54) is 0 Å². The van der Waals surface area contributed by atoms with Crippen LogP contribution in [0.4, 0.5) is 0 Å². The zero-order chi connectivity index (χ0) is 15.9. The third-order valence-corrected chi connectivity index (χ3v) is 4.30. The van der Waals surface area contributed by atoms with Gasteiger partial charge in [0.1, 0.15) is 0 Å². The molecule has 2 N–H and O–H groups in total. The molecule has 22 heavy (non-hydrogen) atoms. The lowest BCUT2D eigenvalue weighted by Crippen LogP contribution is -2.33. The van der Waals surface area contributed by atoms with Gasteiger partial charge >= 0.3 is 0 Å². The first-order valence-corrected chi connectivity index (χ1v) is 8.09. The highest BCUT2D eigenvalue weighted by Crippen LogP contribution is 2.23. The standard InChI is InChI=1S/C18H25NO3/c1-13-5-7-15(8-6-13)17(21)9-10-18(22)19-12-14-3-2-4-16(20)11-14/h5-8,14,16,20H,2-4,9-12H2,1H3,(H,19,22). The number of nitrogens with one attached hydrogen (secondary N) is 1. The highest BCUT2D eigenvalue weighted by Gasteiger charge is 2.20. The van der Waals surface area contributed by atoms with Gasteiger partial charge in [-0.15, -0.1) is 0 Å². The fraction of sp³-hybridized carbons (Fsp3) is 0.556. The van der Waals surface area contributed by atoms with Crippen LogP contribution in [-0.2, 0) is 4.79 Å². The predicted molar refractivity (Wildman–Crippen MR) is 85.7 cm³/mol. The van der Waals surface area contributed by atoms with Crippen LogP contribution in [0.5, 0.6) is 0 Å². The Labute approximate surface area is 131 Å². The molecule has 0 heterocycles. The number of ketones is 1. The smallest absolute Gasteiger partial charge is 0.220 e. The lowest BCUT2D eigenvalue weighted by Gasteiger charge is -2.25. The van der Waals surface area contributed by atoms with E-state index in [-0.39, 0.29) is 30.6 Å². The van der Waals surface area contributed by atoms with Crippen molar-refractivity contribution in [2.24, 2.45) is 5.92 Å². The second-order valence-corrected chi connectivity index (χ2v) is 6.28. The summed E-state index contributed by atoms with van der Waals surface area (Å²) in [7, 11) is 0. The normalized spacial score (nSPS) is 21.4. The number of carbonyl (C=O) groups excluding carboxylic acids is 2. The minimum Gasteiger partial charge on any atom is -0.393 e. The van der Waals surface area contributed by atoms with Crippen LogP contribution in [0.2, 0.25) is 0 Å². The molecule has 1 fully saturated rings. The summed E-state index contributed by atoms with van der Waals surface area (Å²) in [6, 6.07) is 7.42. The molecule has 2 unspecified atom stereocenters. The molecule has 4 heteroatoms. The summed E-state index contributed by atoms with van der Waals surface area (Å²) in [6.07, 6.45) is 3.95. The zero-order valence-corrected chi connectivity index (χ0v) is 13.2. The molecular weight excluding hydrogens is 278 g/mol. The Bertz CT molecular complexity index is 510. The van der Waals surface area contributed by atoms with E-state index < -0.39 is 0 Å². The van der Waals surface area contributed by atoms with Crippen molar-refractivity contribution in [2.45, 2.75) is 51.6 Å². The molecule has 0 bridgehead atoms. The molecule has 1 aromatic carbocycles. The molecule has 120 valence electrons. The van der Waals surface area contributed by atoms with Crippen LogP contribution in [0.1, 0.15) is 54.4 Å². The Morgan fingerprint density at radius 1 is 1.18 bits per heavy atom. The summed E-state index contributed by atoms with van der Waals surface area (Å²) in [5, 5.41) is 12.5. The highest BCUT2D eigenvalue weighted by atomic mass is 16.3. The van der Waals surface area contributed by atoms with Crippen LogP contribution >= 0.6 is 0 Å². The molecule has 1 aliphatic rings. The molecule has 0 aliphatic heterocycles. The summed E-state index contributed by atoms with van der Waals surface area (Å²) in [4.78, 5) is 23.8. The maximum Gasteiger partial charge on any atom is 0.220 e. The fourth-order valence-electron chi connectivity index (χ4n) is 2.91. The molecule has 0 radical (unpaired) electrons. The molecule has 0 saturated heterocycles. The highest BCUT2D eigenvalue weighted by molar-refractivity contribution is 5.97. The van der Waals surface area contributed by atoms with Gasteiger partial charge in [-0.2, -0.15) is 0 Å². The van der Waals surface area contributed by atoms with Crippen LogP contribution < -0.4 is 5.32 Å². The van der Waals surface area contributed by atoms with Crippen LogP contribution in [0.25, 0.3) is 0 Å². The Hall–Kier alpha value is -1.68. The van der Waals surface area contributed by atoms with Crippen molar-refractivity contribution in [3.63, 3.8) is 0 Å². The van der Waals surface area contributed by atoms with Gasteiger partial charge in [0, 0.05) is 24.9 Å².